The summed E-state index contributed by atoms with van der Waals surface area (Å²) < 4.78 is 29.6. The second kappa shape index (κ2) is 5.38. The van der Waals surface area contributed by atoms with Crippen LogP contribution in [-0.4, -0.2) is 41.4 Å². The lowest BCUT2D eigenvalue weighted by molar-refractivity contribution is 0.521. The van der Waals surface area contributed by atoms with E-state index >= 15 is 0 Å². The minimum absolute atomic E-state index is 0.00518. The first-order valence-electron chi connectivity index (χ1n) is 5.77. The molecule has 0 saturated heterocycles. The Morgan fingerprint density at radius 3 is 2.75 bits per heavy atom. The molecule has 0 fully saturated rings. The maximum Gasteiger partial charge on any atom is 0.249 e. The molecule has 0 aliphatic rings. The number of H-pyrrole nitrogens is 1. The van der Waals surface area contributed by atoms with Gasteiger partial charge in [-0.15, -0.1) is 0 Å². The maximum absolute atomic E-state index is 12.3. The molecule has 1 unspecified atom stereocenters. The molecule has 0 bridgehead atoms. The van der Waals surface area contributed by atoms with Gasteiger partial charge in [0, 0.05) is 25.9 Å². The van der Waals surface area contributed by atoms with Crippen molar-refractivity contribution in [2.24, 2.45) is 0 Å². The van der Waals surface area contributed by atoms with Crippen molar-refractivity contribution in [3.05, 3.63) is 18.0 Å². The van der Waals surface area contributed by atoms with Crippen LogP contribution in [0.3, 0.4) is 0 Å². The van der Waals surface area contributed by atoms with Gasteiger partial charge in [0.05, 0.1) is 12.2 Å². The summed E-state index contributed by atoms with van der Waals surface area (Å²) in [6.07, 6.45) is 3.41. The number of rotatable bonds is 5. The third-order valence-electron chi connectivity index (χ3n) is 2.78. The molecular formula is C10H16N6O2S2. The summed E-state index contributed by atoms with van der Waals surface area (Å²) in [5.41, 5.74) is 6.60. The fraction of sp³-hybridized carbons (Fsp3) is 0.400. The minimum Gasteiger partial charge on any atom is -0.382 e. The van der Waals surface area contributed by atoms with Crippen molar-refractivity contribution in [2.75, 3.05) is 25.1 Å². The first-order chi connectivity index (χ1) is 9.34. The highest BCUT2D eigenvalue weighted by Gasteiger charge is 2.28. The van der Waals surface area contributed by atoms with Crippen LogP contribution >= 0.6 is 11.5 Å². The second-order valence-electron chi connectivity index (χ2n) is 4.41. The van der Waals surface area contributed by atoms with Gasteiger partial charge in [-0.2, -0.15) is 9.47 Å². The topological polar surface area (TPSA) is 117 Å². The van der Waals surface area contributed by atoms with E-state index in [4.69, 9.17) is 5.73 Å². The van der Waals surface area contributed by atoms with Crippen molar-refractivity contribution in [3.63, 3.8) is 0 Å². The lowest BCUT2D eigenvalue weighted by Gasteiger charge is -2.15. The van der Waals surface area contributed by atoms with E-state index in [-0.39, 0.29) is 16.8 Å². The van der Waals surface area contributed by atoms with E-state index in [0.717, 1.165) is 21.4 Å². The van der Waals surface area contributed by atoms with Crippen LogP contribution in [-0.2, 0) is 10.0 Å². The van der Waals surface area contributed by atoms with Crippen molar-refractivity contribution in [1.29, 1.82) is 0 Å². The summed E-state index contributed by atoms with van der Waals surface area (Å²) in [5.74, 6) is 0.00518. The van der Waals surface area contributed by atoms with Crippen molar-refractivity contribution >= 4 is 32.4 Å². The Bertz CT molecular complexity index is 677. The van der Waals surface area contributed by atoms with Gasteiger partial charge in [-0.05, 0) is 18.5 Å². The number of nitrogens with one attached hydrogen (secondary N) is 2. The molecule has 0 amide bonds. The van der Waals surface area contributed by atoms with Crippen LogP contribution in [0.5, 0.6) is 0 Å². The van der Waals surface area contributed by atoms with E-state index in [1.807, 2.05) is 6.92 Å². The van der Waals surface area contributed by atoms with Crippen LogP contribution in [0.1, 0.15) is 18.5 Å². The zero-order valence-corrected chi connectivity index (χ0v) is 12.9. The Hall–Kier alpha value is -1.65. The van der Waals surface area contributed by atoms with Gasteiger partial charge in [0.2, 0.25) is 10.0 Å². The normalized spacial score (nSPS) is 13.6. The summed E-state index contributed by atoms with van der Waals surface area (Å²) in [4.78, 5) is 0.0165. The van der Waals surface area contributed by atoms with Crippen LogP contribution in [0.2, 0.25) is 0 Å². The van der Waals surface area contributed by atoms with E-state index in [2.05, 4.69) is 19.9 Å². The Morgan fingerprint density at radius 2 is 2.20 bits per heavy atom. The molecule has 2 heterocycles. The quantitative estimate of drug-likeness (QED) is 0.753. The van der Waals surface area contributed by atoms with Crippen LogP contribution in [0.4, 0.5) is 10.8 Å². The zero-order chi connectivity index (χ0) is 14.9. The molecule has 0 saturated carbocycles. The third-order valence-corrected chi connectivity index (χ3v) is 5.59. The summed E-state index contributed by atoms with van der Waals surface area (Å²) >= 11 is 1.02. The highest BCUT2D eigenvalue weighted by atomic mass is 32.2. The summed E-state index contributed by atoms with van der Waals surface area (Å²) in [7, 11) is -0.731. The number of aromatic nitrogens is 3. The van der Waals surface area contributed by atoms with Crippen LogP contribution in [0, 0.1) is 0 Å². The summed E-state index contributed by atoms with van der Waals surface area (Å²) in [5, 5.41) is 10.1. The van der Waals surface area contributed by atoms with Crippen molar-refractivity contribution < 1.29 is 8.42 Å². The molecule has 0 aliphatic carbocycles. The molecule has 2 aromatic heterocycles. The van der Waals surface area contributed by atoms with Crippen LogP contribution in [0.25, 0.3) is 0 Å². The van der Waals surface area contributed by atoms with Crippen molar-refractivity contribution in [3.8, 4) is 0 Å². The highest BCUT2D eigenvalue weighted by Crippen LogP contribution is 2.35. The average Bonchev–Trinajstić information content (AvgIpc) is 2.98. The maximum atomic E-state index is 12.3. The number of aromatic amines is 1. The molecule has 4 N–H and O–H groups in total. The predicted octanol–water partition coefficient (Wildman–Crippen LogP) is 0.872. The van der Waals surface area contributed by atoms with E-state index in [0.29, 0.717) is 5.00 Å². The molecule has 0 aliphatic heterocycles. The predicted molar refractivity (Wildman–Crippen MR) is 78.0 cm³/mol. The first-order valence-corrected chi connectivity index (χ1v) is 7.98. The van der Waals surface area contributed by atoms with Gasteiger partial charge in [0.25, 0.3) is 0 Å². The fourth-order valence-electron chi connectivity index (χ4n) is 1.60. The molecule has 8 nitrogen and oxygen atoms in total. The number of anilines is 2. The molecule has 0 aromatic carbocycles. The lowest BCUT2D eigenvalue weighted by atomic mass is 10.2. The molecule has 2 aromatic rings. The monoisotopic (exact) mass is 316 g/mol. The zero-order valence-electron chi connectivity index (χ0n) is 11.3. The molecule has 110 valence electrons. The van der Waals surface area contributed by atoms with Gasteiger partial charge < -0.3 is 11.1 Å². The Balaban J connectivity index is 2.35. The number of nitrogens with zero attached hydrogens (tertiary/aromatic N) is 3. The summed E-state index contributed by atoms with van der Waals surface area (Å²) in [6.45, 7) is 1.90. The molecule has 0 radical (unpaired) electrons. The number of nitrogen functional groups attached to an aromatic ring is 1. The molecule has 20 heavy (non-hydrogen) atoms. The Morgan fingerprint density at radius 1 is 1.50 bits per heavy atom. The SMILES string of the molecule is CC(Nc1snc(N)c1S(=O)(=O)N(C)C)c1cn[nH]c1. The average molecular weight is 316 g/mol. The van der Waals surface area contributed by atoms with Crippen LogP contribution in [0.15, 0.2) is 17.3 Å². The van der Waals surface area contributed by atoms with Gasteiger partial charge in [0.1, 0.15) is 5.00 Å². The number of hydrogen-bond acceptors (Lipinski definition) is 7. The van der Waals surface area contributed by atoms with Gasteiger partial charge in [-0.25, -0.2) is 12.7 Å². The van der Waals surface area contributed by atoms with Crippen LogP contribution < -0.4 is 11.1 Å². The van der Waals surface area contributed by atoms with E-state index in [1.165, 1.54) is 14.1 Å². The largest absolute Gasteiger partial charge is 0.382 e. The number of hydrogen-bond donors (Lipinski definition) is 3. The molecule has 10 heteroatoms. The lowest BCUT2D eigenvalue weighted by Crippen LogP contribution is -2.23. The molecule has 2 rings (SSSR count). The summed E-state index contributed by atoms with van der Waals surface area (Å²) in [6, 6.07) is -0.121. The van der Waals surface area contributed by atoms with Crippen molar-refractivity contribution in [2.45, 2.75) is 17.9 Å². The van der Waals surface area contributed by atoms with Gasteiger partial charge in [-0.1, -0.05) is 0 Å². The Labute approximate surface area is 121 Å². The molecular weight excluding hydrogens is 300 g/mol. The first kappa shape index (κ1) is 14.8. The molecule has 1 atom stereocenters. The third kappa shape index (κ3) is 2.62. The van der Waals surface area contributed by atoms with Gasteiger partial charge in [-0.3, -0.25) is 5.10 Å². The minimum atomic E-state index is -3.64. The van der Waals surface area contributed by atoms with E-state index < -0.39 is 10.0 Å². The van der Waals surface area contributed by atoms with E-state index in [1.54, 1.807) is 12.4 Å². The highest BCUT2D eigenvalue weighted by molar-refractivity contribution is 7.89. The smallest absolute Gasteiger partial charge is 0.249 e. The molecule has 0 spiro atoms. The number of sulfonamides is 1. The fourth-order valence-corrected chi connectivity index (χ4v) is 3.75. The van der Waals surface area contributed by atoms with Crippen molar-refractivity contribution in [1.82, 2.24) is 18.9 Å². The Kier molecular flexibility index (Phi) is 3.97. The van der Waals surface area contributed by atoms with E-state index in [9.17, 15) is 8.42 Å². The number of nitrogens with two attached hydrogens (primary N) is 1. The standard InChI is InChI=1S/C10H16N6O2S2/c1-6(7-4-12-13-5-7)14-10-8(9(11)15-19-10)20(17,18)16(2)3/h4-6,14H,1-3H3,(H2,11,15)(H,12,13). The second-order valence-corrected chi connectivity index (χ2v) is 7.27. The van der Waals surface area contributed by atoms with Gasteiger partial charge in [0.15, 0.2) is 10.7 Å². The van der Waals surface area contributed by atoms with Gasteiger partial charge >= 0.3 is 0 Å².